The van der Waals surface area contributed by atoms with Crippen LogP contribution in [0.4, 0.5) is 22.0 Å². The number of imidazole rings is 1. The number of fused-ring (bicyclic) bond motifs is 1. The molecule has 11 nitrogen and oxygen atoms in total. The van der Waals surface area contributed by atoms with Crippen molar-refractivity contribution in [1.29, 1.82) is 0 Å². The topological polar surface area (TPSA) is 150 Å². The van der Waals surface area contributed by atoms with E-state index < -0.39 is 5.82 Å². The zero-order valence-electron chi connectivity index (χ0n) is 21.5. The van der Waals surface area contributed by atoms with Crippen LogP contribution in [0, 0.1) is 11.7 Å². The summed E-state index contributed by atoms with van der Waals surface area (Å²) in [7, 11) is 0. The van der Waals surface area contributed by atoms with Crippen LogP contribution in [0.25, 0.3) is 11.2 Å². The van der Waals surface area contributed by atoms with E-state index in [1.807, 2.05) is 4.57 Å². The molecule has 0 spiro atoms. The van der Waals surface area contributed by atoms with Gasteiger partial charge in [-0.3, -0.25) is 9.36 Å². The minimum absolute atomic E-state index is 0.00584. The minimum Gasteiger partial charge on any atom is -0.369 e. The van der Waals surface area contributed by atoms with Crippen LogP contribution in [0.2, 0.25) is 10.0 Å². The molecular formula is C26H28Cl2FN9O2. The predicted octanol–water partition coefficient (Wildman–Crippen LogP) is 5.75. The van der Waals surface area contributed by atoms with Gasteiger partial charge in [0.05, 0.1) is 21.9 Å². The summed E-state index contributed by atoms with van der Waals surface area (Å²) in [6, 6.07) is 2.58. The van der Waals surface area contributed by atoms with Crippen molar-refractivity contribution in [3.63, 3.8) is 0 Å². The number of primary amides is 1. The summed E-state index contributed by atoms with van der Waals surface area (Å²) in [5.41, 5.74) is 7.14. The summed E-state index contributed by atoms with van der Waals surface area (Å²) in [6.07, 6.45) is 9.56. The SMILES string of the molecule is NC(=O)[C@H]1CC[C@@H](n2c(Nc3c(Cl)cc(F)cc3Cl)nc3cnc(NC4CCC(c5ncno5)CC4)nc32)CC1. The second-order valence-corrected chi connectivity index (χ2v) is 11.3. The lowest BCUT2D eigenvalue weighted by atomic mass is 9.85. The standard InChI is InChI=1S/C26H28Cl2FN9O2/c27-18-9-15(29)10-19(28)21(18)36-26-35-20-11-31-25(34-16-5-1-14(2-6-16)24-32-12-33-40-24)37-23(20)38(26)17-7-3-13(4-8-17)22(30)39/h9-14,16-17H,1-8H2,(H2,30,39)(H,35,36)(H,31,34,37)/t13-,14?,16?,17+. The molecule has 1 aromatic carbocycles. The third kappa shape index (κ3) is 5.42. The van der Waals surface area contributed by atoms with Gasteiger partial charge < -0.3 is 20.9 Å². The number of nitrogens with two attached hydrogens (primary N) is 1. The van der Waals surface area contributed by atoms with E-state index in [9.17, 15) is 9.18 Å². The average Bonchev–Trinajstić information content (AvgIpc) is 3.59. The molecule has 210 valence electrons. The Morgan fingerprint density at radius 2 is 1.75 bits per heavy atom. The van der Waals surface area contributed by atoms with E-state index in [4.69, 9.17) is 43.4 Å². The first-order valence-corrected chi connectivity index (χ1v) is 14.1. The number of benzene rings is 1. The lowest BCUT2D eigenvalue weighted by Crippen LogP contribution is -2.29. The second-order valence-electron chi connectivity index (χ2n) is 10.5. The van der Waals surface area contributed by atoms with Crippen molar-refractivity contribution in [1.82, 2.24) is 29.7 Å². The van der Waals surface area contributed by atoms with E-state index in [0.29, 0.717) is 60.3 Å². The van der Waals surface area contributed by atoms with Gasteiger partial charge in [-0.2, -0.15) is 9.97 Å². The number of halogens is 3. The molecule has 2 fully saturated rings. The molecule has 2 aliphatic carbocycles. The third-order valence-corrected chi connectivity index (χ3v) is 8.52. The van der Waals surface area contributed by atoms with E-state index in [1.165, 1.54) is 18.5 Å². The van der Waals surface area contributed by atoms with Crippen LogP contribution >= 0.6 is 23.2 Å². The predicted molar refractivity (Wildman–Crippen MR) is 148 cm³/mol. The van der Waals surface area contributed by atoms with Crippen molar-refractivity contribution < 1.29 is 13.7 Å². The highest BCUT2D eigenvalue weighted by atomic mass is 35.5. The van der Waals surface area contributed by atoms with Crippen LogP contribution in [-0.2, 0) is 4.79 Å². The van der Waals surface area contributed by atoms with Crippen LogP contribution in [-0.4, -0.2) is 41.6 Å². The highest BCUT2D eigenvalue weighted by molar-refractivity contribution is 6.39. The molecule has 0 unspecified atom stereocenters. The Morgan fingerprint density at radius 1 is 1.02 bits per heavy atom. The van der Waals surface area contributed by atoms with Crippen molar-refractivity contribution in [3.05, 3.63) is 46.4 Å². The molecule has 40 heavy (non-hydrogen) atoms. The van der Waals surface area contributed by atoms with E-state index in [-0.39, 0.29) is 39.9 Å². The first-order valence-electron chi connectivity index (χ1n) is 13.3. The fourth-order valence-corrected chi connectivity index (χ4v) is 6.37. The molecule has 0 aliphatic heterocycles. The number of rotatable bonds is 7. The maximum absolute atomic E-state index is 13.8. The molecule has 0 atom stereocenters. The summed E-state index contributed by atoms with van der Waals surface area (Å²) in [4.78, 5) is 30.1. The van der Waals surface area contributed by atoms with Gasteiger partial charge in [0.2, 0.25) is 23.7 Å². The maximum Gasteiger partial charge on any atom is 0.229 e. The summed E-state index contributed by atoms with van der Waals surface area (Å²) in [5, 5.41) is 10.7. The Hall–Kier alpha value is -3.51. The molecule has 6 rings (SSSR count). The molecule has 2 aliphatic rings. The maximum atomic E-state index is 13.8. The van der Waals surface area contributed by atoms with Crippen molar-refractivity contribution in [2.24, 2.45) is 11.7 Å². The summed E-state index contributed by atoms with van der Waals surface area (Å²) >= 11 is 12.7. The van der Waals surface area contributed by atoms with E-state index in [1.54, 1.807) is 6.20 Å². The Bertz CT molecular complexity index is 1490. The van der Waals surface area contributed by atoms with Crippen LogP contribution in [0.1, 0.15) is 69.2 Å². The number of amides is 1. The molecule has 0 saturated heterocycles. The normalized spacial score (nSPS) is 23.3. The van der Waals surface area contributed by atoms with Gasteiger partial charge in [0, 0.05) is 23.9 Å². The van der Waals surface area contributed by atoms with Gasteiger partial charge in [-0.05, 0) is 63.5 Å². The largest absolute Gasteiger partial charge is 0.369 e. The average molecular weight is 588 g/mol. The summed E-state index contributed by atoms with van der Waals surface area (Å²) < 4.78 is 21.1. The molecular weight excluding hydrogens is 560 g/mol. The number of nitrogens with zero attached hydrogens (tertiary/aromatic N) is 6. The summed E-state index contributed by atoms with van der Waals surface area (Å²) in [5.74, 6) is 0.945. The van der Waals surface area contributed by atoms with Gasteiger partial charge in [0.15, 0.2) is 12.0 Å². The van der Waals surface area contributed by atoms with Crippen LogP contribution in [0.5, 0.6) is 0 Å². The lowest BCUT2D eigenvalue weighted by molar-refractivity contribution is -0.122. The van der Waals surface area contributed by atoms with Gasteiger partial charge in [-0.1, -0.05) is 28.4 Å². The van der Waals surface area contributed by atoms with E-state index >= 15 is 0 Å². The van der Waals surface area contributed by atoms with Gasteiger partial charge in [0.25, 0.3) is 0 Å². The molecule has 3 heterocycles. The van der Waals surface area contributed by atoms with Crippen LogP contribution in [0.3, 0.4) is 0 Å². The molecule has 14 heteroatoms. The number of nitrogens with one attached hydrogen (secondary N) is 2. The number of carbonyl (C=O) groups excluding carboxylic acids is 1. The number of aromatic nitrogens is 6. The van der Waals surface area contributed by atoms with E-state index in [2.05, 4.69) is 25.8 Å². The van der Waals surface area contributed by atoms with Crippen LogP contribution in [0.15, 0.2) is 29.2 Å². The van der Waals surface area contributed by atoms with Crippen molar-refractivity contribution in [3.8, 4) is 0 Å². The lowest BCUT2D eigenvalue weighted by Gasteiger charge is -2.29. The molecule has 2 saturated carbocycles. The minimum atomic E-state index is -0.536. The van der Waals surface area contributed by atoms with Gasteiger partial charge in [-0.25, -0.2) is 14.4 Å². The Balaban J connectivity index is 1.28. The fraction of sp³-hybridized carbons (Fsp3) is 0.462. The molecule has 1 amide bonds. The van der Waals surface area contributed by atoms with Crippen molar-refractivity contribution in [2.45, 2.75) is 69.4 Å². The van der Waals surface area contributed by atoms with Gasteiger partial charge in [-0.15, -0.1) is 0 Å². The number of hydrogen-bond acceptors (Lipinski definition) is 9. The molecule has 0 bridgehead atoms. The molecule has 0 radical (unpaired) electrons. The zero-order chi connectivity index (χ0) is 27.8. The smallest absolute Gasteiger partial charge is 0.229 e. The molecule has 3 aromatic heterocycles. The third-order valence-electron chi connectivity index (χ3n) is 7.93. The molecule has 4 aromatic rings. The quantitative estimate of drug-likeness (QED) is 0.245. The Labute approximate surface area is 239 Å². The summed E-state index contributed by atoms with van der Waals surface area (Å²) in [6.45, 7) is 0. The van der Waals surface area contributed by atoms with Gasteiger partial charge >= 0.3 is 0 Å². The zero-order valence-corrected chi connectivity index (χ0v) is 23.0. The molecule has 4 N–H and O–H groups in total. The van der Waals surface area contributed by atoms with Crippen molar-refractivity contribution >= 4 is 57.9 Å². The van der Waals surface area contributed by atoms with Gasteiger partial charge in [0.1, 0.15) is 11.3 Å². The number of carbonyl (C=O) groups is 1. The number of hydrogen-bond donors (Lipinski definition) is 3. The van der Waals surface area contributed by atoms with E-state index in [0.717, 1.165) is 25.7 Å². The highest BCUT2D eigenvalue weighted by Gasteiger charge is 2.30. The fourth-order valence-electron chi connectivity index (χ4n) is 5.82. The Kier molecular flexibility index (Phi) is 7.45. The second kappa shape index (κ2) is 11.2. The first kappa shape index (κ1) is 26.7. The monoisotopic (exact) mass is 587 g/mol. The van der Waals surface area contributed by atoms with Crippen LogP contribution < -0.4 is 16.4 Å². The first-order chi connectivity index (χ1) is 19.4. The number of anilines is 3. The Morgan fingerprint density at radius 3 is 2.40 bits per heavy atom. The van der Waals surface area contributed by atoms with Crippen molar-refractivity contribution in [2.75, 3.05) is 10.6 Å². The highest BCUT2D eigenvalue weighted by Crippen LogP contribution is 2.40.